The lowest BCUT2D eigenvalue weighted by Crippen LogP contribution is -2.38. The second-order valence-corrected chi connectivity index (χ2v) is 6.41. The molecule has 24 heavy (non-hydrogen) atoms. The first kappa shape index (κ1) is 16.7. The Balaban J connectivity index is 1.70. The van der Waals surface area contributed by atoms with Crippen molar-refractivity contribution in [3.8, 4) is 11.5 Å². The zero-order valence-corrected chi connectivity index (χ0v) is 14.5. The molecule has 126 valence electrons. The third-order valence-electron chi connectivity index (χ3n) is 4.25. The molecule has 1 aliphatic heterocycles. The first-order valence-corrected chi connectivity index (χ1v) is 8.24. The zero-order chi connectivity index (χ0) is 17.1. The van der Waals surface area contributed by atoms with E-state index in [1.807, 2.05) is 43.4 Å². The molecule has 0 radical (unpaired) electrons. The van der Waals surface area contributed by atoms with Crippen molar-refractivity contribution in [2.75, 3.05) is 20.8 Å². The number of fused-ring (bicyclic) bond motifs is 1. The van der Waals surface area contributed by atoms with E-state index in [9.17, 15) is 4.79 Å². The lowest BCUT2D eigenvalue weighted by molar-refractivity contribution is -0.136. The molecule has 4 nitrogen and oxygen atoms in total. The van der Waals surface area contributed by atoms with Gasteiger partial charge >= 0.3 is 0 Å². The average Bonchev–Trinajstić information content (AvgIpc) is 2.60. The van der Waals surface area contributed by atoms with E-state index in [1.165, 1.54) is 0 Å². The number of carbonyl (C=O) groups is 1. The Morgan fingerprint density at radius 1 is 1.33 bits per heavy atom. The van der Waals surface area contributed by atoms with Gasteiger partial charge in [0, 0.05) is 24.2 Å². The molecule has 0 aromatic heterocycles. The molecule has 2 aromatic carbocycles. The van der Waals surface area contributed by atoms with Crippen LogP contribution in [-0.4, -0.2) is 31.6 Å². The van der Waals surface area contributed by atoms with E-state index in [0.29, 0.717) is 24.6 Å². The minimum atomic E-state index is -0.198. The van der Waals surface area contributed by atoms with Crippen LogP contribution < -0.4 is 9.47 Å². The summed E-state index contributed by atoms with van der Waals surface area (Å²) in [4.78, 5) is 14.5. The molecular formula is C19H20ClNO3. The summed E-state index contributed by atoms with van der Waals surface area (Å²) in [5, 5.41) is 0.660. The molecule has 1 aliphatic rings. The van der Waals surface area contributed by atoms with Crippen molar-refractivity contribution in [2.24, 2.45) is 5.92 Å². The van der Waals surface area contributed by atoms with Gasteiger partial charge in [-0.1, -0.05) is 29.8 Å². The predicted molar refractivity (Wildman–Crippen MR) is 93.6 cm³/mol. The molecule has 1 heterocycles. The highest BCUT2D eigenvalue weighted by Crippen LogP contribution is 2.30. The lowest BCUT2D eigenvalue weighted by atomic mass is 9.95. The molecular weight excluding hydrogens is 326 g/mol. The Labute approximate surface area is 146 Å². The van der Waals surface area contributed by atoms with Gasteiger partial charge < -0.3 is 14.4 Å². The molecule has 0 saturated carbocycles. The van der Waals surface area contributed by atoms with Crippen LogP contribution in [0, 0.1) is 5.92 Å². The van der Waals surface area contributed by atoms with Crippen LogP contribution in [-0.2, 0) is 17.8 Å². The van der Waals surface area contributed by atoms with Crippen LogP contribution in [0.2, 0.25) is 5.02 Å². The maximum atomic E-state index is 12.8. The number of nitrogens with zero attached hydrogens (tertiary/aromatic N) is 1. The SMILES string of the molecule is COc1ccccc1CN(C)C(=O)C1COc2ccc(Cl)cc2C1. The van der Waals surface area contributed by atoms with Gasteiger partial charge in [-0.3, -0.25) is 4.79 Å². The molecule has 0 bridgehead atoms. The van der Waals surface area contributed by atoms with Crippen LogP contribution in [0.4, 0.5) is 0 Å². The van der Waals surface area contributed by atoms with Gasteiger partial charge in [0.15, 0.2) is 0 Å². The lowest BCUT2D eigenvalue weighted by Gasteiger charge is -2.28. The fourth-order valence-corrected chi connectivity index (χ4v) is 3.20. The van der Waals surface area contributed by atoms with Gasteiger partial charge in [-0.25, -0.2) is 0 Å². The van der Waals surface area contributed by atoms with Gasteiger partial charge in [0.1, 0.15) is 18.1 Å². The average molecular weight is 346 g/mol. The molecule has 1 atom stereocenters. The summed E-state index contributed by atoms with van der Waals surface area (Å²) in [7, 11) is 3.44. The predicted octanol–water partition coefficient (Wildman–Crippen LogP) is 3.56. The van der Waals surface area contributed by atoms with E-state index in [4.69, 9.17) is 21.1 Å². The van der Waals surface area contributed by atoms with Crippen LogP contribution in [0.5, 0.6) is 11.5 Å². The topological polar surface area (TPSA) is 38.8 Å². The Bertz CT molecular complexity index is 747. The van der Waals surface area contributed by atoms with E-state index in [0.717, 1.165) is 22.6 Å². The Morgan fingerprint density at radius 2 is 2.12 bits per heavy atom. The van der Waals surface area contributed by atoms with Crippen LogP contribution in [0.3, 0.4) is 0 Å². The molecule has 0 N–H and O–H groups in total. The molecule has 1 unspecified atom stereocenters. The number of hydrogen-bond acceptors (Lipinski definition) is 3. The second-order valence-electron chi connectivity index (χ2n) is 5.97. The summed E-state index contributed by atoms with van der Waals surface area (Å²) >= 11 is 6.04. The normalized spacial score (nSPS) is 16.0. The van der Waals surface area contributed by atoms with Crippen LogP contribution in [0.25, 0.3) is 0 Å². The number of para-hydroxylation sites is 1. The van der Waals surface area contributed by atoms with E-state index >= 15 is 0 Å². The van der Waals surface area contributed by atoms with Gasteiger partial charge in [0.25, 0.3) is 0 Å². The minimum absolute atomic E-state index is 0.0616. The number of benzene rings is 2. The summed E-state index contributed by atoms with van der Waals surface area (Å²) < 4.78 is 11.1. The van der Waals surface area contributed by atoms with Gasteiger partial charge in [0.2, 0.25) is 5.91 Å². The largest absolute Gasteiger partial charge is 0.496 e. The number of ether oxygens (including phenoxy) is 2. The van der Waals surface area contributed by atoms with Gasteiger partial charge in [-0.15, -0.1) is 0 Å². The molecule has 0 aliphatic carbocycles. The minimum Gasteiger partial charge on any atom is -0.496 e. The highest BCUT2D eigenvalue weighted by atomic mass is 35.5. The number of halogens is 1. The van der Waals surface area contributed by atoms with Gasteiger partial charge in [-0.05, 0) is 36.2 Å². The highest BCUT2D eigenvalue weighted by molar-refractivity contribution is 6.30. The summed E-state index contributed by atoms with van der Waals surface area (Å²) in [5.41, 5.74) is 1.97. The van der Waals surface area contributed by atoms with Gasteiger partial charge in [0.05, 0.1) is 13.0 Å². The van der Waals surface area contributed by atoms with Crippen molar-refractivity contribution in [2.45, 2.75) is 13.0 Å². The van der Waals surface area contributed by atoms with E-state index in [2.05, 4.69) is 0 Å². The van der Waals surface area contributed by atoms with E-state index in [1.54, 1.807) is 18.1 Å². The van der Waals surface area contributed by atoms with Crippen molar-refractivity contribution in [3.63, 3.8) is 0 Å². The van der Waals surface area contributed by atoms with E-state index < -0.39 is 0 Å². The van der Waals surface area contributed by atoms with Crippen molar-refractivity contribution in [1.29, 1.82) is 0 Å². The van der Waals surface area contributed by atoms with Crippen LogP contribution in [0.15, 0.2) is 42.5 Å². The number of methoxy groups -OCH3 is 1. The van der Waals surface area contributed by atoms with Crippen LogP contribution >= 0.6 is 11.6 Å². The Morgan fingerprint density at radius 3 is 2.92 bits per heavy atom. The fourth-order valence-electron chi connectivity index (χ4n) is 3.00. The van der Waals surface area contributed by atoms with Gasteiger partial charge in [-0.2, -0.15) is 0 Å². The fraction of sp³-hybridized carbons (Fsp3) is 0.316. The molecule has 3 rings (SSSR count). The zero-order valence-electron chi connectivity index (χ0n) is 13.8. The quantitative estimate of drug-likeness (QED) is 0.850. The third kappa shape index (κ3) is 3.49. The summed E-state index contributed by atoms with van der Waals surface area (Å²) in [6.45, 7) is 0.894. The summed E-state index contributed by atoms with van der Waals surface area (Å²) in [5.74, 6) is 1.47. The Hall–Kier alpha value is -2.20. The maximum Gasteiger partial charge on any atom is 0.229 e. The highest BCUT2D eigenvalue weighted by Gasteiger charge is 2.28. The molecule has 2 aromatic rings. The Kier molecular flexibility index (Phi) is 4.95. The molecule has 1 amide bonds. The second kappa shape index (κ2) is 7.14. The third-order valence-corrected chi connectivity index (χ3v) is 4.49. The van der Waals surface area contributed by atoms with Crippen LogP contribution in [0.1, 0.15) is 11.1 Å². The monoisotopic (exact) mass is 345 g/mol. The maximum absolute atomic E-state index is 12.8. The number of amides is 1. The first-order valence-electron chi connectivity index (χ1n) is 7.86. The van der Waals surface area contributed by atoms with Crippen molar-refractivity contribution in [3.05, 3.63) is 58.6 Å². The number of rotatable bonds is 4. The molecule has 0 fully saturated rings. The van der Waals surface area contributed by atoms with Crippen molar-refractivity contribution >= 4 is 17.5 Å². The summed E-state index contributed by atoms with van der Waals surface area (Å²) in [6.07, 6.45) is 0.644. The number of hydrogen-bond donors (Lipinski definition) is 0. The first-order chi connectivity index (χ1) is 11.6. The molecule has 0 spiro atoms. The standard InChI is InChI=1S/C19H20ClNO3/c1-21(11-13-5-3-4-6-17(13)23-2)19(22)15-9-14-10-16(20)7-8-18(14)24-12-15/h3-8,10,15H,9,11-12H2,1-2H3. The van der Waals surface area contributed by atoms with E-state index in [-0.39, 0.29) is 11.8 Å². The summed E-state index contributed by atoms with van der Waals surface area (Å²) in [6, 6.07) is 13.3. The van der Waals surface area contributed by atoms with Crippen molar-refractivity contribution in [1.82, 2.24) is 4.90 Å². The van der Waals surface area contributed by atoms with Crippen molar-refractivity contribution < 1.29 is 14.3 Å². The molecule has 5 heteroatoms. The molecule has 0 saturated heterocycles. The smallest absolute Gasteiger partial charge is 0.229 e. The number of carbonyl (C=O) groups excluding carboxylic acids is 1.